The van der Waals surface area contributed by atoms with E-state index < -0.39 is 11.9 Å². The van der Waals surface area contributed by atoms with E-state index in [0.717, 1.165) is 0 Å². The highest BCUT2D eigenvalue weighted by atomic mass is 16.4. The van der Waals surface area contributed by atoms with Crippen LogP contribution < -0.4 is 5.32 Å². The summed E-state index contributed by atoms with van der Waals surface area (Å²) in [6.45, 7) is 3.49. The van der Waals surface area contributed by atoms with Crippen molar-refractivity contribution < 1.29 is 14.7 Å². The molecule has 1 heterocycles. The van der Waals surface area contributed by atoms with Gasteiger partial charge < -0.3 is 5.11 Å². The van der Waals surface area contributed by atoms with Crippen molar-refractivity contribution in [2.75, 3.05) is 5.32 Å². The number of amides is 1. The number of carboxylic acids is 1. The molecule has 7 nitrogen and oxygen atoms in total. The number of nitrogens with one attached hydrogen (secondary N) is 1. The van der Waals surface area contributed by atoms with Crippen LogP contribution in [-0.4, -0.2) is 32.2 Å². The van der Waals surface area contributed by atoms with Gasteiger partial charge in [-0.2, -0.15) is 5.10 Å². The minimum atomic E-state index is -1.17. The zero-order valence-corrected chi connectivity index (χ0v) is 10.9. The molecule has 2 rings (SSSR count). The molecule has 0 unspecified atom stereocenters. The summed E-state index contributed by atoms with van der Waals surface area (Å²) in [6, 6.07) is 5.92. The average Bonchev–Trinajstić information content (AvgIpc) is 2.43. The molecule has 1 aromatic heterocycles. The van der Waals surface area contributed by atoms with Crippen LogP contribution in [0.3, 0.4) is 0 Å². The summed E-state index contributed by atoms with van der Waals surface area (Å²) in [4.78, 5) is 27.2. The monoisotopic (exact) mass is 272 g/mol. The Morgan fingerprint density at radius 1 is 1.05 bits per heavy atom. The summed E-state index contributed by atoms with van der Waals surface area (Å²) < 4.78 is 0. The van der Waals surface area contributed by atoms with E-state index in [1.807, 2.05) is 0 Å². The smallest absolute Gasteiger partial charge is 0.336 e. The van der Waals surface area contributed by atoms with Crippen LogP contribution in [0, 0.1) is 13.8 Å². The molecular formula is C13H12N4O3. The third-order valence-electron chi connectivity index (χ3n) is 2.72. The maximum atomic E-state index is 12.1. The molecule has 0 saturated heterocycles. The van der Waals surface area contributed by atoms with Crippen molar-refractivity contribution in [1.82, 2.24) is 15.2 Å². The van der Waals surface area contributed by atoms with Crippen LogP contribution in [0.2, 0.25) is 0 Å². The van der Waals surface area contributed by atoms with Gasteiger partial charge in [0.05, 0.1) is 22.5 Å². The summed E-state index contributed by atoms with van der Waals surface area (Å²) in [6.07, 6.45) is 0. The molecule has 0 atom stereocenters. The highest BCUT2D eigenvalue weighted by Crippen LogP contribution is 2.11. The quantitative estimate of drug-likeness (QED) is 0.875. The van der Waals surface area contributed by atoms with Crippen molar-refractivity contribution in [1.29, 1.82) is 0 Å². The topological polar surface area (TPSA) is 105 Å². The molecule has 2 N–H and O–H groups in total. The normalized spacial score (nSPS) is 10.1. The Bertz CT molecular complexity index is 685. The highest BCUT2D eigenvalue weighted by Gasteiger charge is 2.16. The number of hydrogen-bond donors (Lipinski definition) is 2. The molecule has 0 bridgehead atoms. The number of aromatic nitrogens is 3. The Labute approximate surface area is 114 Å². The van der Waals surface area contributed by atoms with Gasteiger partial charge in [-0.25, -0.2) is 9.78 Å². The van der Waals surface area contributed by atoms with E-state index in [9.17, 15) is 9.59 Å². The predicted molar refractivity (Wildman–Crippen MR) is 70.7 cm³/mol. The van der Waals surface area contributed by atoms with Crippen LogP contribution in [0.1, 0.15) is 32.1 Å². The minimum Gasteiger partial charge on any atom is -0.478 e. The number of carboxylic acid groups (broad SMARTS) is 1. The van der Waals surface area contributed by atoms with Crippen LogP contribution in [0.5, 0.6) is 0 Å². The molecule has 7 heteroatoms. The highest BCUT2D eigenvalue weighted by molar-refractivity contribution is 6.10. The van der Waals surface area contributed by atoms with Crippen LogP contribution in [0.15, 0.2) is 24.3 Å². The fourth-order valence-corrected chi connectivity index (χ4v) is 1.55. The second kappa shape index (κ2) is 5.43. The molecule has 1 amide bonds. The maximum absolute atomic E-state index is 12.1. The number of aromatic carboxylic acids is 1. The van der Waals surface area contributed by atoms with E-state index in [2.05, 4.69) is 20.5 Å². The fraction of sp³-hybridized carbons (Fsp3) is 0.154. The lowest BCUT2D eigenvalue weighted by Crippen LogP contribution is -2.18. The second-order valence-electron chi connectivity index (χ2n) is 4.11. The van der Waals surface area contributed by atoms with Crippen molar-refractivity contribution in [2.24, 2.45) is 0 Å². The van der Waals surface area contributed by atoms with E-state index in [4.69, 9.17) is 5.11 Å². The van der Waals surface area contributed by atoms with E-state index >= 15 is 0 Å². The SMILES string of the molecule is Cc1nnc(NC(=O)c2ccccc2C(=O)O)nc1C. The number of nitrogens with zero attached hydrogens (tertiary/aromatic N) is 3. The maximum Gasteiger partial charge on any atom is 0.336 e. The number of carbonyl (C=O) groups is 2. The molecule has 0 aliphatic rings. The van der Waals surface area contributed by atoms with Gasteiger partial charge in [0.1, 0.15) is 0 Å². The average molecular weight is 272 g/mol. The molecule has 0 radical (unpaired) electrons. The lowest BCUT2D eigenvalue weighted by Gasteiger charge is -2.06. The Hall–Kier alpha value is -2.83. The Morgan fingerprint density at radius 2 is 1.70 bits per heavy atom. The number of benzene rings is 1. The lowest BCUT2D eigenvalue weighted by molar-refractivity contribution is 0.0692. The molecule has 0 aliphatic carbocycles. The molecule has 0 spiro atoms. The summed E-state index contributed by atoms with van der Waals surface area (Å²) in [5, 5.41) is 19.1. The Kier molecular flexibility index (Phi) is 3.69. The molecule has 102 valence electrons. The fourth-order valence-electron chi connectivity index (χ4n) is 1.55. The standard InChI is InChI=1S/C13H12N4O3/c1-7-8(2)16-17-13(14-7)15-11(18)9-5-3-4-6-10(9)12(19)20/h3-6H,1-2H3,(H,19,20)(H,14,15,17,18). The number of carbonyl (C=O) groups excluding carboxylic acids is 1. The summed E-state index contributed by atoms with van der Waals surface area (Å²) in [5.41, 5.74) is 1.26. The number of hydrogen-bond acceptors (Lipinski definition) is 5. The van der Waals surface area contributed by atoms with Crippen molar-refractivity contribution in [3.63, 3.8) is 0 Å². The van der Waals surface area contributed by atoms with Crippen LogP contribution in [0.4, 0.5) is 5.95 Å². The number of rotatable bonds is 3. The first kappa shape index (κ1) is 13.6. The summed E-state index contributed by atoms with van der Waals surface area (Å²) in [7, 11) is 0. The molecule has 0 aliphatic heterocycles. The van der Waals surface area contributed by atoms with E-state index in [0.29, 0.717) is 11.4 Å². The number of aryl methyl sites for hydroxylation is 2. The Balaban J connectivity index is 2.28. The first-order valence-corrected chi connectivity index (χ1v) is 5.80. The molecule has 0 saturated carbocycles. The van der Waals surface area contributed by atoms with Crippen molar-refractivity contribution >= 4 is 17.8 Å². The second-order valence-corrected chi connectivity index (χ2v) is 4.11. The van der Waals surface area contributed by atoms with Crippen LogP contribution in [-0.2, 0) is 0 Å². The Morgan fingerprint density at radius 3 is 2.30 bits per heavy atom. The van der Waals surface area contributed by atoms with E-state index in [1.165, 1.54) is 12.1 Å². The molecule has 0 fully saturated rings. The molecule has 1 aromatic carbocycles. The van der Waals surface area contributed by atoms with Crippen molar-refractivity contribution in [3.05, 3.63) is 46.8 Å². The zero-order valence-electron chi connectivity index (χ0n) is 10.9. The molecule has 20 heavy (non-hydrogen) atoms. The third-order valence-corrected chi connectivity index (χ3v) is 2.72. The predicted octanol–water partition coefficient (Wildman–Crippen LogP) is 1.44. The van der Waals surface area contributed by atoms with Crippen LogP contribution in [0.25, 0.3) is 0 Å². The van der Waals surface area contributed by atoms with Gasteiger partial charge in [-0.3, -0.25) is 10.1 Å². The van der Waals surface area contributed by atoms with Gasteiger partial charge in [0.2, 0.25) is 5.95 Å². The van der Waals surface area contributed by atoms with E-state index in [1.54, 1.807) is 26.0 Å². The number of anilines is 1. The van der Waals surface area contributed by atoms with Gasteiger partial charge in [0, 0.05) is 0 Å². The minimum absolute atomic E-state index is 0.0401. The van der Waals surface area contributed by atoms with E-state index in [-0.39, 0.29) is 17.1 Å². The summed E-state index contributed by atoms with van der Waals surface area (Å²) in [5.74, 6) is -1.72. The lowest BCUT2D eigenvalue weighted by atomic mass is 10.1. The van der Waals surface area contributed by atoms with Crippen LogP contribution >= 0.6 is 0 Å². The third kappa shape index (κ3) is 2.77. The molecular weight excluding hydrogens is 260 g/mol. The van der Waals surface area contributed by atoms with Crippen molar-refractivity contribution in [3.8, 4) is 0 Å². The van der Waals surface area contributed by atoms with Gasteiger partial charge >= 0.3 is 5.97 Å². The first-order chi connectivity index (χ1) is 9.49. The molecule has 2 aromatic rings. The van der Waals surface area contributed by atoms with Gasteiger partial charge in [-0.1, -0.05) is 12.1 Å². The van der Waals surface area contributed by atoms with Gasteiger partial charge in [0.15, 0.2) is 0 Å². The largest absolute Gasteiger partial charge is 0.478 e. The van der Waals surface area contributed by atoms with Gasteiger partial charge in [-0.15, -0.1) is 5.10 Å². The van der Waals surface area contributed by atoms with Crippen molar-refractivity contribution in [2.45, 2.75) is 13.8 Å². The first-order valence-electron chi connectivity index (χ1n) is 5.80. The van der Waals surface area contributed by atoms with Gasteiger partial charge in [0.25, 0.3) is 5.91 Å². The zero-order chi connectivity index (χ0) is 14.7. The van der Waals surface area contributed by atoms with Gasteiger partial charge in [-0.05, 0) is 26.0 Å². The summed E-state index contributed by atoms with van der Waals surface area (Å²) >= 11 is 0.